The molecule has 0 saturated carbocycles. The first kappa shape index (κ1) is 17.1. The van der Waals surface area contributed by atoms with Crippen molar-refractivity contribution in [3.8, 4) is 0 Å². The molecule has 0 N–H and O–H groups in total. The second kappa shape index (κ2) is 7.05. The zero-order chi connectivity index (χ0) is 17.0. The van der Waals surface area contributed by atoms with Gasteiger partial charge in [0.15, 0.2) is 0 Å². The molecular weight excluding hydrogens is 367 g/mol. The van der Waals surface area contributed by atoms with Gasteiger partial charge in [-0.15, -0.1) is 0 Å². The van der Waals surface area contributed by atoms with Crippen molar-refractivity contribution in [3.05, 3.63) is 91.0 Å². The van der Waals surface area contributed by atoms with E-state index in [2.05, 4.69) is 115 Å². The molecule has 24 heavy (non-hydrogen) atoms. The van der Waals surface area contributed by atoms with E-state index < -0.39 is 21.2 Å². The summed E-state index contributed by atoms with van der Waals surface area (Å²) < 4.78 is 7.33. The minimum absolute atomic E-state index is 1.39. The normalized spacial score (nSPS) is 12.0. The molecule has 0 amide bonds. The van der Waals surface area contributed by atoms with Gasteiger partial charge in [-0.25, -0.2) is 0 Å². The molecule has 122 valence electrons. The molecule has 0 atom stereocenters. The summed E-state index contributed by atoms with van der Waals surface area (Å²) in [5, 5.41) is 0. The van der Waals surface area contributed by atoms with Crippen molar-refractivity contribution in [2.75, 3.05) is 0 Å². The minimum atomic E-state index is -2.58. The van der Waals surface area contributed by atoms with Crippen LogP contribution in [0.1, 0.15) is 0 Å². The Morgan fingerprint density at radius 2 is 0.833 bits per heavy atom. The van der Waals surface area contributed by atoms with Crippen LogP contribution in [0.5, 0.6) is 0 Å². The molecule has 0 nitrogen and oxygen atoms in total. The molecule has 3 aromatic rings. The molecule has 0 spiro atoms. The van der Waals surface area contributed by atoms with E-state index in [1.54, 1.807) is 0 Å². The summed E-state index contributed by atoms with van der Waals surface area (Å²) in [6, 6.07) is 33.5. The van der Waals surface area contributed by atoms with Gasteiger partial charge in [0, 0.05) is 0 Å². The van der Waals surface area contributed by atoms with Crippen LogP contribution in [0.3, 0.4) is 0 Å². The summed E-state index contributed by atoms with van der Waals surface area (Å²) in [4.78, 5) is 0. The SMILES string of the molecule is C[Si](C)(C)C=[As](c1ccccc1)(c1ccccc1)c1ccccc1. The van der Waals surface area contributed by atoms with Crippen LogP contribution in [-0.2, 0) is 0 Å². The molecule has 3 aromatic carbocycles. The van der Waals surface area contributed by atoms with Gasteiger partial charge < -0.3 is 0 Å². The first-order valence-corrected chi connectivity index (χ1v) is 15.9. The van der Waals surface area contributed by atoms with E-state index in [9.17, 15) is 0 Å². The Morgan fingerprint density at radius 3 is 1.08 bits per heavy atom. The molecule has 0 aliphatic heterocycles. The van der Waals surface area contributed by atoms with Crippen molar-refractivity contribution >= 4 is 38.7 Å². The van der Waals surface area contributed by atoms with E-state index in [1.807, 2.05) is 0 Å². The summed E-state index contributed by atoms with van der Waals surface area (Å²) in [5.41, 5.74) is 0. The van der Waals surface area contributed by atoms with Gasteiger partial charge >= 0.3 is 149 Å². The van der Waals surface area contributed by atoms with Crippen molar-refractivity contribution < 1.29 is 0 Å². The Bertz CT molecular complexity index is 728. The molecule has 2 heteroatoms. The first-order valence-electron chi connectivity index (χ1n) is 8.45. The fourth-order valence-electron chi connectivity index (χ4n) is 3.24. The maximum atomic E-state index is 2.80. The third kappa shape index (κ3) is 3.53. The predicted molar refractivity (Wildman–Crippen MR) is 113 cm³/mol. The van der Waals surface area contributed by atoms with Crippen molar-refractivity contribution in [2.24, 2.45) is 0 Å². The van der Waals surface area contributed by atoms with Crippen molar-refractivity contribution in [1.82, 2.24) is 0 Å². The van der Waals surface area contributed by atoms with Gasteiger partial charge in [0.1, 0.15) is 0 Å². The van der Waals surface area contributed by atoms with E-state index in [0.29, 0.717) is 0 Å². The van der Waals surface area contributed by atoms with Crippen LogP contribution in [0.25, 0.3) is 0 Å². The van der Waals surface area contributed by atoms with Crippen molar-refractivity contribution in [3.63, 3.8) is 0 Å². The van der Waals surface area contributed by atoms with E-state index in [0.717, 1.165) is 0 Å². The van der Waals surface area contributed by atoms with E-state index in [1.165, 1.54) is 13.1 Å². The van der Waals surface area contributed by atoms with Crippen LogP contribution < -0.4 is 13.1 Å². The molecule has 0 saturated heterocycles. The summed E-state index contributed by atoms with van der Waals surface area (Å²) in [7, 11) is -1.39. The molecule has 0 bridgehead atoms. The molecule has 0 heterocycles. The zero-order valence-corrected chi connectivity index (χ0v) is 17.6. The monoisotopic (exact) mass is 392 g/mol. The van der Waals surface area contributed by atoms with Crippen molar-refractivity contribution in [2.45, 2.75) is 19.6 Å². The Hall–Kier alpha value is -1.69. The van der Waals surface area contributed by atoms with E-state index >= 15 is 0 Å². The van der Waals surface area contributed by atoms with Gasteiger partial charge in [0.25, 0.3) is 0 Å². The number of benzene rings is 3. The first-order chi connectivity index (χ1) is 11.5. The summed E-state index contributed by atoms with van der Waals surface area (Å²) in [6.07, 6.45) is 0. The predicted octanol–water partition coefficient (Wildman–Crippen LogP) is 3.42. The molecule has 0 aliphatic carbocycles. The van der Waals surface area contributed by atoms with Gasteiger partial charge in [-0.05, 0) is 0 Å². The third-order valence-corrected chi connectivity index (χ3v) is 19.5. The molecule has 0 unspecified atom stereocenters. The molecule has 0 aliphatic rings. The van der Waals surface area contributed by atoms with Crippen LogP contribution in [0.4, 0.5) is 0 Å². The van der Waals surface area contributed by atoms with Gasteiger partial charge in [0.05, 0.1) is 0 Å². The van der Waals surface area contributed by atoms with Crippen LogP contribution >= 0.6 is 0 Å². The van der Waals surface area contributed by atoms with E-state index in [-0.39, 0.29) is 0 Å². The second-order valence-corrected chi connectivity index (χ2v) is 20.1. The van der Waals surface area contributed by atoms with Crippen molar-refractivity contribution in [1.29, 1.82) is 0 Å². The molecule has 3 rings (SSSR count). The Labute approximate surface area is 149 Å². The number of rotatable bonds is 4. The Balaban J connectivity index is 2.45. The average Bonchev–Trinajstić information content (AvgIpc) is 2.61. The van der Waals surface area contributed by atoms with Crippen LogP contribution in [-0.4, -0.2) is 25.6 Å². The molecular formula is C22H25AsSi. The molecule has 0 aromatic heterocycles. The Morgan fingerprint density at radius 1 is 0.542 bits per heavy atom. The summed E-state index contributed by atoms with van der Waals surface area (Å²) >= 11 is -2.58. The fourth-order valence-corrected chi connectivity index (χ4v) is 20.9. The molecule has 0 fully saturated rings. The van der Waals surface area contributed by atoms with E-state index in [4.69, 9.17) is 0 Å². The van der Waals surface area contributed by atoms with Crippen LogP contribution in [0.2, 0.25) is 19.6 Å². The maximum absolute atomic E-state index is 2.80. The standard InChI is InChI=1S/C22H25AsSi/c1-24(2,3)19-23(20-13-7-4-8-14-20,21-15-9-5-10-16-21)22-17-11-6-12-18-22/h4-19H,1-3H3. The average molecular weight is 392 g/mol. The number of hydrogen-bond acceptors (Lipinski definition) is 0. The second-order valence-electron chi connectivity index (χ2n) is 7.22. The fraction of sp³-hybridized carbons (Fsp3) is 0.136. The summed E-state index contributed by atoms with van der Waals surface area (Å²) in [5.74, 6) is 0. The topological polar surface area (TPSA) is 0 Å². The third-order valence-electron chi connectivity index (χ3n) is 4.07. The van der Waals surface area contributed by atoms with Crippen LogP contribution in [0, 0.1) is 0 Å². The zero-order valence-electron chi connectivity index (χ0n) is 14.7. The van der Waals surface area contributed by atoms with Gasteiger partial charge in [0.2, 0.25) is 0 Å². The van der Waals surface area contributed by atoms with Gasteiger partial charge in [-0.2, -0.15) is 0 Å². The molecule has 0 radical (unpaired) electrons. The number of hydrogen-bond donors (Lipinski definition) is 0. The summed E-state index contributed by atoms with van der Waals surface area (Å²) in [6.45, 7) is 7.37. The Kier molecular flexibility index (Phi) is 5.03. The van der Waals surface area contributed by atoms with Gasteiger partial charge in [-0.1, -0.05) is 0 Å². The van der Waals surface area contributed by atoms with Gasteiger partial charge in [-0.3, -0.25) is 0 Å². The van der Waals surface area contributed by atoms with Crippen LogP contribution in [0.15, 0.2) is 91.0 Å². The quantitative estimate of drug-likeness (QED) is 0.597.